The van der Waals surface area contributed by atoms with E-state index in [1.807, 2.05) is 12.1 Å². The molecule has 0 radical (unpaired) electrons. The molecule has 0 amide bonds. The van der Waals surface area contributed by atoms with Crippen molar-refractivity contribution in [2.75, 3.05) is 13.1 Å². The Morgan fingerprint density at radius 2 is 2.05 bits per heavy atom. The second kappa shape index (κ2) is 7.02. The summed E-state index contributed by atoms with van der Waals surface area (Å²) in [6.07, 6.45) is 4.43. The molecule has 0 aliphatic heterocycles. The minimum atomic E-state index is -0.0572. The summed E-state index contributed by atoms with van der Waals surface area (Å²) in [5.74, 6) is 1.39. The van der Waals surface area contributed by atoms with Crippen molar-refractivity contribution in [1.82, 2.24) is 5.32 Å². The molecule has 1 aromatic rings. The van der Waals surface area contributed by atoms with Gasteiger partial charge in [-0.3, -0.25) is 0 Å². The van der Waals surface area contributed by atoms with Gasteiger partial charge in [-0.1, -0.05) is 43.1 Å². The van der Waals surface area contributed by atoms with E-state index in [2.05, 4.69) is 19.2 Å². The molecule has 2 rings (SSSR count). The molecule has 0 unspecified atom stereocenters. The molecule has 112 valence electrons. The first-order chi connectivity index (χ1) is 9.52. The predicted molar refractivity (Wildman–Crippen MR) is 86.0 cm³/mol. The van der Waals surface area contributed by atoms with E-state index >= 15 is 0 Å². The van der Waals surface area contributed by atoms with Gasteiger partial charge >= 0.3 is 0 Å². The van der Waals surface area contributed by atoms with Crippen LogP contribution in [0.3, 0.4) is 0 Å². The smallest absolute Gasteiger partial charge is 0.140 e. The molecule has 1 saturated carbocycles. The zero-order valence-corrected chi connectivity index (χ0v) is 13.7. The molecule has 0 bridgehead atoms. The van der Waals surface area contributed by atoms with Crippen molar-refractivity contribution >= 4 is 23.2 Å². The van der Waals surface area contributed by atoms with Crippen LogP contribution in [0, 0.1) is 5.92 Å². The number of rotatable bonds is 7. The second-order valence-electron chi connectivity index (χ2n) is 6.04. The molecule has 0 spiro atoms. The molecular weight excluding hydrogens is 293 g/mol. The number of hydrogen-bond acceptors (Lipinski definition) is 2. The van der Waals surface area contributed by atoms with E-state index in [0.29, 0.717) is 21.7 Å². The summed E-state index contributed by atoms with van der Waals surface area (Å²) in [5, 5.41) is 4.56. The summed E-state index contributed by atoms with van der Waals surface area (Å²) in [4.78, 5) is 0. The monoisotopic (exact) mass is 315 g/mol. The summed E-state index contributed by atoms with van der Waals surface area (Å²) in [6, 6.07) is 5.57. The van der Waals surface area contributed by atoms with Crippen molar-refractivity contribution in [3.63, 3.8) is 0 Å². The molecule has 0 aromatic heterocycles. The van der Waals surface area contributed by atoms with Crippen LogP contribution in [-0.4, -0.2) is 18.7 Å². The van der Waals surface area contributed by atoms with Crippen molar-refractivity contribution in [2.24, 2.45) is 5.92 Å². The predicted octanol–water partition coefficient (Wildman–Crippen LogP) is 4.93. The number of benzene rings is 1. The van der Waals surface area contributed by atoms with Crippen LogP contribution in [0.4, 0.5) is 0 Å². The van der Waals surface area contributed by atoms with Gasteiger partial charge < -0.3 is 10.1 Å². The van der Waals surface area contributed by atoms with Gasteiger partial charge in [0.15, 0.2) is 0 Å². The van der Waals surface area contributed by atoms with Gasteiger partial charge in [-0.25, -0.2) is 0 Å². The van der Waals surface area contributed by atoms with E-state index in [1.165, 1.54) is 6.42 Å². The lowest BCUT2D eigenvalue weighted by Crippen LogP contribution is -2.45. The first-order valence-electron chi connectivity index (χ1n) is 7.36. The Balaban J connectivity index is 1.92. The molecule has 0 heterocycles. The quantitative estimate of drug-likeness (QED) is 0.720. The Bertz CT molecular complexity index is 444. The Labute approximate surface area is 131 Å². The fraction of sp³-hybridized carbons (Fsp3) is 0.625. The van der Waals surface area contributed by atoms with Gasteiger partial charge in [0.1, 0.15) is 16.4 Å². The zero-order chi connectivity index (χ0) is 14.6. The first-order valence-corrected chi connectivity index (χ1v) is 8.12. The van der Waals surface area contributed by atoms with Crippen molar-refractivity contribution in [3.8, 4) is 5.75 Å². The maximum atomic E-state index is 6.21. The average molecular weight is 316 g/mol. The van der Waals surface area contributed by atoms with Crippen LogP contribution in [0.2, 0.25) is 10.0 Å². The first kappa shape index (κ1) is 15.9. The minimum absolute atomic E-state index is 0.0572. The van der Waals surface area contributed by atoms with Gasteiger partial charge in [0, 0.05) is 0 Å². The van der Waals surface area contributed by atoms with E-state index in [1.54, 1.807) is 6.07 Å². The Morgan fingerprint density at radius 3 is 2.65 bits per heavy atom. The summed E-state index contributed by atoms with van der Waals surface area (Å²) in [6.45, 7) is 6.47. The number of halogens is 2. The highest BCUT2D eigenvalue weighted by atomic mass is 35.5. The van der Waals surface area contributed by atoms with E-state index in [4.69, 9.17) is 27.9 Å². The van der Waals surface area contributed by atoms with Crippen LogP contribution >= 0.6 is 23.2 Å². The zero-order valence-electron chi connectivity index (χ0n) is 12.2. The highest BCUT2D eigenvalue weighted by molar-refractivity contribution is 6.42. The van der Waals surface area contributed by atoms with Crippen LogP contribution < -0.4 is 10.1 Å². The summed E-state index contributed by atoms with van der Waals surface area (Å²) < 4.78 is 6.20. The van der Waals surface area contributed by atoms with Crippen molar-refractivity contribution in [1.29, 1.82) is 0 Å². The fourth-order valence-electron chi connectivity index (χ4n) is 2.48. The summed E-state index contributed by atoms with van der Waals surface area (Å²) in [7, 11) is 0. The maximum Gasteiger partial charge on any atom is 0.140 e. The maximum absolute atomic E-state index is 6.21. The van der Waals surface area contributed by atoms with Crippen LogP contribution in [0.5, 0.6) is 5.75 Å². The van der Waals surface area contributed by atoms with E-state index in [0.717, 1.165) is 32.4 Å². The van der Waals surface area contributed by atoms with Gasteiger partial charge in [0.25, 0.3) is 0 Å². The molecule has 1 aliphatic carbocycles. The molecule has 2 nitrogen and oxygen atoms in total. The lowest BCUT2D eigenvalue weighted by Gasteiger charge is -2.42. The third kappa shape index (κ3) is 4.03. The molecule has 20 heavy (non-hydrogen) atoms. The molecule has 0 saturated heterocycles. The largest absolute Gasteiger partial charge is 0.486 e. The molecule has 1 aromatic carbocycles. The topological polar surface area (TPSA) is 21.3 Å². The van der Waals surface area contributed by atoms with Gasteiger partial charge in [0.05, 0.1) is 5.02 Å². The highest BCUT2D eigenvalue weighted by Crippen LogP contribution is 2.42. The van der Waals surface area contributed by atoms with Crippen molar-refractivity contribution < 1.29 is 4.74 Å². The SMILES string of the molecule is CC(C)CNCCC1(Oc2cccc(Cl)c2Cl)CCC1. The molecule has 1 aliphatic rings. The van der Waals surface area contributed by atoms with Gasteiger partial charge in [-0.2, -0.15) is 0 Å². The van der Waals surface area contributed by atoms with Gasteiger partial charge in [-0.05, 0) is 56.8 Å². The van der Waals surface area contributed by atoms with E-state index in [-0.39, 0.29) is 5.60 Å². The lowest BCUT2D eigenvalue weighted by molar-refractivity contribution is -0.0142. The summed E-state index contributed by atoms with van der Waals surface area (Å²) >= 11 is 12.3. The van der Waals surface area contributed by atoms with Gasteiger partial charge in [-0.15, -0.1) is 0 Å². The third-order valence-corrected chi connectivity index (χ3v) is 4.62. The van der Waals surface area contributed by atoms with E-state index in [9.17, 15) is 0 Å². The standard InChI is InChI=1S/C16H23Cl2NO/c1-12(2)11-19-10-9-16(7-4-8-16)20-14-6-3-5-13(17)15(14)18/h3,5-6,12,19H,4,7-11H2,1-2H3. The Kier molecular flexibility index (Phi) is 5.59. The minimum Gasteiger partial charge on any atom is -0.486 e. The molecule has 1 N–H and O–H groups in total. The lowest BCUT2D eigenvalue weighted by atomic mass is 9.77. The van der Waals surface area contributed by atoms with Crippen LogP contribution in [-0.2, 0) is 0 Å². The number of ether oxygens (including phenoxy) is 1. The average Bonchev–Trinajstić information content (AvgIpc) is 2.36. The fourth-order valence-corrected chi connectivity index (χ4v) is 2.81. The highest BCUT2D eigenvalue weighted by Gasteiger charge is 2.39. The second-order valence-corrected chi connectivity index (χ2v) is 6.82. The Morgan fingerprint density at radius 1 is 1.30 bits per heavy atom. The van der Waals surface area contributed by atoms with Crippen LogP contribution in [0.25, 0.3) is 0 Å². The normalized spacial score (nSPS) is 17.1. The number of hydrogen-bond donors (Lipinski definition) is 1. The Hall–Kier alpha value is -0.440. The van der Waals surface area contributed by atoms with E-state index < -0.39 is 0 Å². The molecule has 0 atom stereocenters. The molecule has 4 heteroatoms. The number of nitrogens with one attached hydrogen (secondary N) is 1. The summed E-state index contributed by atoms with van der Waals surface area (Å²) in [5.41, 5.74) is -0.0572. The molecule has 1 fully saturated rings. The van der Waals surface area contributed by atoms with Crippen molar-refractivity contribution in [3.05, 3.63) is 28.2 Å². The third-order valence-electron chi connectivity index (χ3n) is 3.82. The molecular formula is C16H23Cl2NO. The van der Waals surface area contributed by atoms with Gasteiger partial charge in [0.2, 0.25) is 0 Å². The van der Waals surface area contributed by atoms with Crippen LogP contribution in [0.15, 0.2) is 18.2 Å². The van der Waals surface area contributed by atoms with Crippen LogP contribution in [0.1, 0.15) is 39.5 Å². The van der Waals surface area contributed by atoms with Crippen molar-refractivity contribution in [2.45, 2.75) is 45.1 Å².